The predicted octanol–water partition coefficient (Wildman–Crippen LogP) is 2.33. The van der Waals surface area contributed by atoms with Gasteiger partial charge in [0, 0.05) is 5.02 Å². The summed E-state index contributed by atoms with van der Waals surface area (Å²) in [6.45, 7) is 3.06. The third-order valence-corrected chi connectivity index (χ3v) is 2.69. The van der Waals surface area contributed by atoms with Gasteiger partial charge in [0.2, 0.25) is 0 Å². The van der Waals surface area contributed by atoms with Gasteiger partial charge in [0.25, 0.3) is 0 Å². The normalized spacial score (nSPS) is 16.4. The van der Waals surface area contributed by atoms with Crippen molar-refractivity contribution in [2.75, 3.05) is 19.7 Å². The average Bonchev–Trinajstić information content (AvgIpc) is 2.09. The largest absolute Gasteiger partial charge is 0.494 e. The van der Waals surface area contributed by atoms with Crippen LogP contribution in [0.15, 0.2) is 24.3 Å². The van der Waals surface area contributed by atoms with Crippen LogP contribution in [0.5, 0.6) is 5.75 Å². The van der Waals surface area contributed by atoms with Crippen LogP contribution in [0.25, 0.3) is 0 Å². The van der Waals surface area contributed by atoms with Gasteiger partial charge in [-0.05, 0) is 43.6 Å². The van der Waals surface area contributed by atoms with E-state index in [2.05, 4.69) is 5.32 Å². The second kappa shape index (κ2) is 4.67. The molecule has 1 fully saturated rings. The summed E-state index contributed by atoms with van der Waals surface area (Å²) in [7, 11) is 0. The number of halogens is 1. The summed E-state index contributed by atoms with van der Waals surface area (Å²) in [5.74, 6) is 1.67. The van der Waals surface area contributed by atoms with E-state index < -0.39 is 0 Å². The molecule has 0 bridgehead atoms. The number of benzene rings is 1. The Bertz CT molecular complexity index is 299. The molecule has 0 unspecified atom stereocenters. The van der Waals surface area contributed by atoms with Crippen LogP contribution in [-0.4, -0.2) is 19.7 Å². The lowest BCUT2D eigenvalue weighted by Gasteiger charge is -2.26. The van der Waals surface area contributed by atoms with Crippen molar-refractivity contribution in [3.63, 3.8) is 0 Å². The lowest BCUT2D eigenvalue weighted by atomic mass is 10.0. The molecule has 1 saturated heterocycles. The highest BCUT2D eigenvalue weighted by molar-refractivity contribution is 6.30. The van der Waals surface area contributed by atoms with Crippen molar-refractivity contribution in [1.29, 1.82) is 0 Å². The summed E-state index contributed by atoms with van der Waals surface area (Å²) in [5, 5.41) is 3.97. The van der Waals surface area contributed by atoms with Crippen LogP contribution < -0.4 is 10.1 Å². The molecule has 0 atom stereocenters. The van der Waals surface area contributed by atoms with Crippen molar-refractivity contribution in [1.82, 2.24) is 5.32 Å². The average molecular weight is 212 g/mol. The lowest BCUT2D eigenvalue weighted by molar-refractivity contribution is 0.238. The fourth-order valence-corrected chi connectivity index (χ4v) is 1.63. The SMILES string of the molecule is Clc1cccc(OCCC2CNC2)c1. The molecule has 1 aromatic carbocycles. The molecule has 2 rings (SSSR count). The van der Waals surface area contributed by atoms with Crippen LogP contribution in [0.1, 0.15) is 6.42 Å². The first-order valence-electron chi connectivity index (χ1n) is 4.94. The van der Waals surface area contributed by atoms with Gasteiger partial charge in [-0.3, -0.25) is 0 Å². The van der Waals surface area contributed by atoms with Gasteiger partial charge in [0.05, 0.1) is 6.61 Å². The van der Waals surface area contributed by atoms with Crippen LogP contribution >= 0.6 is 11.6 Å². The lowest BCUT2D eigenvalue weighted by Crippen LogP contribution is -2.42. The molecule has 14 heavy (non-hydrogen) atoms. The van der Waals surface area contributed by atoms with E-state index in [1.165, 1.54) is 0 Å². The Morgan fingerprint density at radius 2 is 2.29 bits per heavy atom. The molecule has 0 spiro atoms. The van der Waals surface area contributed by atoms with E-state index in [1.807, 2.05) is 24.3 Å². The fourth-order valence-electron chi connectivity index (χ4n) is 1.45. The topological polar surface area (TPSA) is 21.3 Å². The van der Waals surface area contributed by atoms with E-state index in [0.29, 0.717) is 0 Å². The van der Waals surface area contributed by atoms with E-state index in [9.17, 15) is 0 Å². The molecular weight excluding hydrogens is 198 g/mol. The van der Waals surface area contributed by atoms with Gasteiger partial charge in [-0.2, -0.15) is 0 Å². The standard InChI is InChI=1S/C11H14ClNO/c12-10-2-1-3-11(6-10)14-5-4-9-7-13-8-9/h1-3,6,9,13H,4-5,7-8H2. The minimum Gasteiger partial charge on any atom is -0.494 e. The minimum absolute atomic E-state index is 0.729. The Kier molecular flexibility index (Phi) is 3.27. The van der Waals surface area contributed by atoms with E-state index in [-0.39, 0.29) is 0 Å². The summed E-state index contributed by atoms with van der Waals surface area (Å²) in [6.07, 6.45) is 1.12. The molecule has 1 aliphatic rings. The third-order valence-electron chi connectivity index (χ3n) is 2.46. The van der Waals surface area contributed by atoms with Crippen LogP contribution in [0, 0.1) is 5.92 Å². The first-order chi connectivity index (χ1) is 6.84. The Morgan fingerprint density at radius 1 is 1.43 bits per heavy atom. The van der Waals surface area contributed by atoms with Crippen LogP contribution in [0.2, 0.25) is 5.02 Å². The summed E-state index contributed by atoms with van der Waals surface area (Å²) in [5.41, 5.74) is 0. The Morgan fingerprint density at radius 3 is 2.93 bits per heavy atom. The van der Waals surface area contributed by atoms with Gasteiger partial charge < -0.3 is 10.1 Å². The second-order valence-electron chi connectivity index (χ2n) is 3.62. The van der Waals surface area contributed by atoms with Crippen molar-refractivity contribution >= 4 is 11.6 Å². The number of nitrogens with one attached hydrogen (secondary N) is 1. The van der Waals surface area contributed by atoms with E-state index in [1.54, 1.807) is 0 Å². The highest BCUT2D eigenvalue weighted by atomic mass is 35.5. The molecule has 3 heteroatoms. The Hall–Kier alpha value is -0.730. The predicted molar refractivity (Wildman–Crippen MR) is 57.9 cm³/mol. The zero-order valence-electron chi connectivity index (χ0n) is 8.00. The van der Waals surface area contributed by atoms with Gasteiger partial charge in [0.15, 0.2) is 0 Å². The van der Waals surface area contributed by atoms with Crippen LogP contribution in [0.3, 0.4) is 0 Å². The Balaban J connectivity index is 1.74. The van der Waals surface area contributed by atoms with Crippen molar-refractivity contribution in [2.24, 2.45) is 5.92 Å². The van der Waals surface area contributed by atoms with Crippen molar-refractivity contribution in [2.45, 2.75) is 6.42 Å². The summed E-state index contributed by atoms with van der Waals surface area (Å²) in [6, 6.07) is 7.54. The number of rotatable bonds is 4. The zero-order valence-corrected chi connectivity index (χ0v) is 8.76. The highest BCUT2D eigenvalue weighted by Crippen LogP contribution is 2.18. The number of hydrogen-bond donors (Lipinski definition) is 1. The maximum atomic E-state index is 5.83. The molecule has 1 N–H and O–H groups in total. The van der Waals surface area contributed by atoms with E-state index >= 15 is 0 Å². The first-order valence-corrected chi connectivity index (χ1v) is 5.31. The monoisotopic (exact) mass is 211 g/mol. The minimum atomic E-state index is 0.729. The molecule has 76 valence electrons. The number of hydrogen-bond acceptors (Lipinski definition) is 2. The maximum Gasteiger partial charge on any atom is 0.120 e. The van der Waals surface area contributed by atoms with Gasteiger partial charge in [-0.15, -0.1) is 0 Å². The molecule has 1 aliphatic heterocycles. The molecule has 0 amide bonds. The first kappa shape index (κ1) is 9.81. The second-order valence-corrected chi connectivity index (χ2v) is 4.06. The quantitative estimate of drug-likeness (QED) is 0.826. The fraction of sp³-hybridized carbons (Fsp3) is 0.455. The molecule has 0 aliphatic carbocycles. The van der Waals surface area contributed by atoms with Crippen LogP contribution in [-0.2, 0) is 0 Å². The van der Waals surface area contributed by atoms with Crippen molar-refractivity contribution in [3.05, 3.63) is 29.3 Å². The smallest absolute Gasteiger partial charge is 0.120 e. The third kappa shape index (κ3) is 2.63. The molecular formula is C11H14ClNO. The molecule has 0 saturated carbocycles. The summed E-state index contributed by atoms with van der Waals surface area (Å²) >= 11 is 5.83. The Labute approximate surface area is 89.2 Å². The van der Waals surface area contributed by atoms with Gasteiger partial charge in [-0.1, -0.05) is 17.7 Å². The molecule has 1 heterocycles. The maximum absolute atomic E-state index is 5.83. The molecule has 0 radical (unpaired) electrons. The van der Waals surface area contributed by atoms with E-state index in [0.717, 1.165) is 42.8 Å². The highest BCUT2D eigenvalue weighted by Gasteiger charge is 2.15. The summed E-state index contributed by atoms with van der Waals surface area (Å²) < 4.78 is 5.58. The molecule has 2 nitrogen and oxygen atoms in total. The van der Waals surface area contributed by atoms with Crippen molar-refractivity contribution < 1.29 is 4.74 Å². The van der Waals surface area contributed by atoms with Gasteiger partial charge in [-0.25, -0.2) is 0 Å². The van der Waals surface area contributed by atoms with E-state index in [4.69, 9.17) is 16.3 Å². The zero-order chi connectivity index (χ0) is 9.80. The van der Waals surface area contributed by atoms with Gasteiger partial charge in [0.1, 0.15) is 5.75 Å². The number of ether oxygens (including phenoxy) is 1. The molecule has 0 aromatic heterocycles. The van der Waals surface area contributed by atoms with Crippen molar-refractivity contribution in [3.8, 4) is 5.75 Å². The van der Waals surface area contributed by atoms with Gasteiger partial charge >= 0.3 is 0 Å². The molecule has 1 aromatic rings. The van der Waals surface area contributed by atoms with Crippen LogP contribution in [0.4, 0.5) is 0 Å². The summed E-state index contributed by atoms with van der Waals surface area (Å²) in [4.78, 5) is 0.